The molecule has 10 heavy (non-hydrogen) atoms. The van der Waals surface area contributed by atoms with Crippen molar-refractivity contribution in [3.63, 3.8) is 0 Å². The van der Waals surface area contributed by atoms with E-state index in [4.69, 9.17) is 11.6 Å². The molecule has 1 aliphatic rings. The smallest absolute Gasteiger partial charge is 0.0337 e. The first-order valence-electron chi connectivity index (χ1n) is 3.89. The van der Waals surface area contributed by atoms with E-state index in [1.165, 1.54) is 12.8 Å². The Morgan fingerprint density at radius 3 is 2.30 bits per heavy atom. The monoisotopic (exact) mass is 156 g/mol. The van der Waals surface area contributed by atoms with E-state index in [1.54, 1.807) is 0 Å². The maximum atomic E-state index is 5.93. The van der Waals surface area contributed by atoms with Gasteiger partial charge in [0.05, 0.1) is 0 Å². The van der Waals surface area contributed by atoms with Gasteiger partial charge in [0, 0.05) is 11.3 Å². The van der Waals surface area contributed by atoms with E-state index in [9.17, 15) is 0 Å². The van der Waals surface area contributed by atoms with Gasteiger partial charge in [0.2, 0.25) is 0 Å². The summed E-state index contributed by atoms with van der Waals surface area (Å²) in [5.41, 5.74) is 0. The van der Waals surface area contributed by atoms with E-state index in [0.717, 1.165) is 12.8 Å². The summed E-state index contributed by atoms with van der Waals surface area (Å²) < 4.78 is 0. The third-order valence-corrected chi connectivity index (χ3v) is 2.44. The van der Waals surface area contributed by atoms with Crippen molar-refractivity contribution in [3.8, 4) is 11.8 Å². The molecule has 1 fully saturated rings. The van der Waals surface area contributed by atoms with Crippen LogP contribution in [-0.2, 0) is 0 Å². The highest BCUT2D eigenvalue weighted by Gasteiger charge is 2.16. The molecular weight excluding hydrogens is 144 g/mol. The molecule has 1 rings (SSSR count). The molecule has 0 aromatic carbocycles. The summed E-state index contributed by atoms with van der Waals surface area (Å²) in [6, 6.07) is 0. The lowest BCUT2D eigenvalue weighted by Crippen LogP contribution is -2.12. The second kappa shape index (κ2) is 3.88. The predicted octanol–water partition coefficient (Wildman–Crippen LogP) is 2.81. The molecular formula is C9H13Cl. The Morgan fingerprint density at radius 1 is 1.20 bits per heavy atom. The first kappa shape index (κ1) is 7.95. The maximum Gasteiger partial charge on any atom is 0.0337 e. The van der Waals surface area contributed by atoms with Crippen molar-refractivity contribution in [2.75, 3.05) is 0 Å². The molecule has 0 aromatic rings. The van der Waals surface area contributed by atoms with Crippen molar-refractivity contribution in [2.24, 2.45) is 5.92 Å². The molecule has 0 N–H and O–H groups in total. The van der Waals surface area contributed by atoms with E-state index in [1.807, 2.05) is 6.92 Å². The van der Waals surface area contributed by atoms with Crippen molar-refractivity contribution in [1.29, 1.82) is 0 Å². The van der Waals surface area contributed by atoms with Crippen LogP contribution in [0.3, 0.4) is 0 Å². The molecule has 1 heteroatoms. The minimum atomic E-state index is 0.426. The van der Waals surface area contributed by atoms with Crippen LogP contribution in [0, 0.1) is 17.8 Å². The number of rotatable bonds is 0. The summed E-state index contributed by atoms with van der Waals surface area (Å²) in [6.45, 7) is 1.91. The second-order valence-electron chi connectivity index (χ2n) is 2.84. The Morgan fingerprint density at radius 2 is 1.80 bits per heavy atom. The van der Waals surface area contributed by atoms with E-state index in [2.05, 4.69) is 11.8 Å². The summed E-state index contributed by atoms with van der Waals surface area (Å²) in [6.07, 6.45) is 4.71. The van der Waals surface area contributed by atoms with Gasteiger partial charge in [-0.2, -0.15) is 0 Å². The average Bonchev–Trinajstić information content (AvgIpc) is 1.95. The molecule has 0 spiro atoms. The van der Waals surface area contributed by atoms with Gasteiger partial charge in [-0.1, -0.05) is 0 Å². The third kappa shape index (κ3) is 2.23. The lowest BCUT2D eigenvalue weighted by molar-refractivity contribution is 0.436. The molecule has 0 radical (unpaired) electrons. The SMILES string of the molecule is CC#CC1CCC(Cl)CC1. The number of hydrogen-bond acceptors (Lipinski definition) is 0. The van der Waals surface area contributed by atoms with Gasteiger partial charge in [-0.25, -0.2) is 0 Å². The van der Waals surface area contributed by atoms with E-state index in [-0.39, 0.29) is 0 Å². The fraction of sp³-hybridized carbons (Fsp3) is 0.778. The zero-order valence-electron chi connectivity index (χ0n) is 6.36. The Kier molecular flexibility index (Phi) is 3.09. The Balaban J connectivity index is 2.30. The highest BCUT2D eigenvalue weighted by molar-refractivity contribution is 6.20. The Labute approximate surface area is 68.0 Å². The zero-order chi connectivity index (χ0) is 7.40. The van der Waals surface area contributed by atoms with Crippen molar-refractivity contribution >= 4 is 11.6 Å². The number of hydrogen-bond donors (Lipinski definition) is 0. The Hall–Kier alpha value is -0.150. The van der Waals surface area contributed by atoms with Gasteiger partial charge < -0.3 is 0 Å². The molecule has 56 valence electrons. The summed E-state index contributed by atoms with van der Waals surface area (Å²) in [5.74, 6) is 6.79. The van der Waals surface area contributed by atoms with Crippen LogP contribution in [0.5, 0.6) is 0 Å². The van der Waals surface area contributed by atoms with E-state index < -0.39 is 0 Å². The van der Waals surface area contributed by atoms with Crippen LogP contribution in [0.1, 0.15) is 32.6 Å². The number of halogens is 1. The fourth-order valence-corrected chi connectivity index (χ4v) is 1.65. The lowest BCUT2D eigenvalue weighted by Gasteiger charge is -2.20. The maximum absolute atomic E-state index is 5.93. The second-order valence-corrected chi connectivity index (χ2v) is 3.46. The summed E-state index contributed by atoms with van der Waals surface area (Å²) in [7, 11) is 0. The zero-order valence-corrected chi connectivity index (χ0v) is 7.12. The topological polar surface area (TPSA) is 0 Å². The van der Waals surface area contributed by atoms with Gasteiger partial charge in [-0.05, 0) is 32.6 Å². The molecule has 1 saturated carbocycles. The van der Waals surface area contributed by atoms with Gasteiger partial charge >= 0.3 is 0 Å². The van der Waals surface area contributed by atoms with Crippen molar-refractivity contribution in [3.05, 3.63) is 0 Å². The molecule has 0 aliphatic heterocycles. The first-order chi connectivity index (χ1) is 4.83. The normalized spacial score (nSPS) is 32.6. The van der Waals surface area contributed by atoms with Gasteiger partial charge in [0.25, 0.3) is 0 Å². The predicted molar refractivity (Wildman–Crippen MR) is 45.0 cm³/mol. The molecule has 0 aromatic heterocycles. The van der Waals surface area contributed by atoms with Gasteiger partial charge in [0.1, 0.15) is 0 Å². The van der Waals surface area contributed by atoms with E-state index in [0.29, 0.717) is 11.3 Å². The standard InChI is InChI=1S/C9H13Cl/c1-2-3-8-4-6-9(10)7-5-8/h8-9H,4-7H2,1H3. The van der Waals surface area contributed by atoms with Crippen molar-refractivity contribution < 1.29 is 0 Å². The van der Waals surface area contributed by atoms with Crippen LogP contribution >= 0.6 is 11.6 Å². The summed E-state index contributed by atoms with van der Waals surface area (Å²) >= 11 is 5.93. The third-order valence-electron chi connectivity index (χ3n) is 2.01. The molecule has 1 aliphatic carbocycles. The molecule has 0 bridgehead atoms. The van der Waals surface area contributed by atoms with Crippen molar-refractivity contribution in [2.45, 2.75) is 38.0 Å². The van der Waals surface area contributed by atoms with Crippen LogP contribution in [0.25, 0.3) is 0 Å². The van der Waals surface area contributed by atoms with Crippen LogP contribution < -0.4 is 0 Å². The summed E-state index contributed by atoms with van der Waals surface area (Å²) in [4.78, 5) is 0. The minimum Gasteiger partial charge on any atom is -0.123 e. The largest absolute Gasteiger partial charge is 0.123 e. The highest BCUT2D eigenvalue weighted by atomic mass is 35.5. The van der Waals surface area contributed by atoms with Crippen LogP contribution in [0.15, 0.2) is 0 Å². The van der Waals surface area contributed by atoms with Crippen molar-refractivity contribution in [1.82, 2.24) is 0 Å². The molecule has 0 saturated heterocycles. The van der Waals surface area contributed by atoms with Gasteiger partial charge in [-0.3, -0.25) is 0 Å². The lowest BCUT2D eigenvalue weighted by atomic mass is 9.89. The Bertz CT molecular complexity index is 144. The van der Waals surface area contributed by atoms with E-state index >= 15 is 0 Å². The molecule has 0 amide bonds. The minimum absolute atomic E-state index is 0.426. The van der Waals surface area contributed by atoms with Gasteiger partial charge in [-0.15, -0.1) is 23.4 Å². The highest BCUT2D eigenvalue weighted by Crippen LogP contribution is 2.26. The van der Waals surface area contributed by atoms with Crippen LogP contribution in [-0.4, -0.2) is 5.38 Å². The van der Waals surface area contributed by atoms with Crippen LogP contribution in [0.2, 0.25) is 0 Å². The molecule has 0 atom stereocenters. The first-order valence-corrected chi connectivity index (χ1v) is 4.33. The number of alkyl halides is 1. The summed E-state index contributed by atoms with van der Waals surface area (Å²) in [5, 5.41) is 0.426. The van der Waals surface area contributed by atoms with Gasteiger partial charge in [0.15, 0.2) is 0 Å². The average molecular weight is 157 g/mol. The molecule has 0 unspecified atom stereocenters. The van der Waals surface area contributed by atoms with Crippen LogP contribution in [0.4, 0.5) is 0 Å². The quantitative estimate of drug-likeness (QED) is 0.374. The molecule has 0 nitrogen and oxygen atoms in total. The fourth-order valence-electron chi connectivity index (χ4n) is 1.40. The molecule has 0 heterocycles.